The van der Waals surface area contributed by atoms with E-state index in [1.807, 2.05) is 24.3 Å². The zero-order valence-electron chi connectivity index (χ0n) is 12.0. The molecule has 0 atom stereocenters. The van der Waals surface area contributed by atoms with Crippen molar-refractivity contribution in [2.45, 2.75) is 12.8 Å². The smallest absolute Gasteiger partial charge is 0.188 e. The van der Waals surface area contributed by atoms with Crippen molar-refractivity contribution in [2.75, 3.05) is 21.0 Å². The Bertz CT molecular complexity index is 523. The summed E-state index contributed by atoms with van der Waals surface area (Å²) in [5, 5.41) is 0. The van der Waals surface area contributed by atoms with Gasteiger partial charge in [0, 0.05) is 13.2 Å². The standard InChI is InChI=1S/C17H20O3/c1-18-13-20-17-11-15(10-16(12-17)19-2)9-8-14-6-4-3-5-7-14/h3-7,10-12H,8-9,13H2,1-2H3. The summed E-state index contributed by atoms with van der Waals surface area (Å²) in [4.78, 5) is 0. The summed E-state index contributed by atoms with van der Waals surface area (Å²) in [6.07, 6.45) is 1.95. The Labute approximate surface area is 120 Å². The second-order valence-corrected chi connectivity index (χ2v) is 4.55. The van der Waals surface area contributed by atoms with Crippen LogP contribution in [-0.4, -0.2) is 21.0 Å². The van der Waals surface area contributed by atoms with Gasteiger partial charge in [0.2, 0.25) is 0 Å². The van der Waals surface area contributed by atoms with Crippen LogP contribution in [0.4, 0.5) is 0 Å². The van der Waals surface area contributed by atoms with Gasteiger partial charge in [-0.3, -0.25) is 0 Å². The molecule has 106 valence electrons. The third-order valence-corrected chi connectivity index (χ3v) is 3.06. The Balaban J connectivity index is 2.06. The summed E-state index contributed by atoms with van der Waals surface area (Å²) < 4.78 is 15.7. The Kier molecular flexibility index (Phi) is 5.44. The third kappa shape index (κ3) is 4.28. The van der Waals surface area contributed by atoms with Gasteiger partial charge in [0.15, 0.2) is 6.79 Å². The largest absolute Gasteiger partial charge is 0.497 e. The molecular weight excluding hydrogens is 252 g/mol. The Morgan fingerprint density at radius 3 is 2.20 bits per heavy atom. The molecule has 0 fully saturated rings. The third-order valence-electron chi connectivity index (χ3n) is 3.06. The molecule has 2 aromatic carbocycles. The number of methoxy groups -OCH3 is 2. The van der Waals surface area contributed by atoms with Gasteiger partial charge in [-0.05, 0) is 36.1 Å². The molecule has 3 heteroatoms. The first-order valence-corrected chi connectivity index (χ1v) is 6.65. The molecule has 0 heterocycles. The Hall–Kier alpha value is -2.00. The summed E-state index contributed by atoms with van der Waals surface area (Å²) in [7, 11) is 3.27. The van der Waals surface area contributed by atoms with E-state index in [-0.39, 0.29) is 6.79 Å². The average molecular weight is 272 g/mol. The van der Waals surface area contributed by atoms with E-state index in [1.165, 1.54) is 11.1 Å². The summed E-state index contributed by atoms with van der Waals surface area (Å²) in [6, 6.07) is 16.4. The van der Waals surface area contributed by atoms with Crippen LogP contribution in [0.3, 0.4) is 0 Å². The van der Waals surface area contributed by atoms with E-state index in [9.17, 15) is 0 Å². The molecule has 0 radical (unpaired) electrons. The highest BCUT2D eigenvalue weighted by Crippen LogP contribution is 2.23. The molecule has 0 saturated carbocycles. The van der Waals surface area contributed by atoms with Crippen molar-refractivity contribution in [1.82, 2.24) is 0 Å². The van der Waals surface area contributed by atoms with E-state index in [0.29, 0.717) is 0 Å². The van der Waals surface area contributed by atoms with Crippen LogP contribution in [-0.2, 0) is 17.6 Å². The molecule has 0 aromatic heterocycles. The monoisotopic (exact) mass is 272 g/mol. The SMILES string of the molecule is COCOc1cc(CCc2ccccc2)cc(OC)c1. The highest BCUT2D eigenvalue weighted by atomic mass is 16.7. The molecule has 0 saturated heterocycles. The van der Waals surface area contributed by atoms with E-state index < -0.39 is 0 Å². The predicted octanol–water partition coefficient (Wildman–Crippen LogP) is 3.46. The zero-order chi connectivity index (χ0) is 14.2. The summed E-state index contributed by atoms with van der Waals surface area (Å²) >= 11 is 0. The predicted molar refractivity (Wildman–Crippen MR) is 79.3 cm³/mol. The van der Waals surface area contributed by atoms with Crippen LogP contribution in [0.15, 0.2) is 48.5 Å². The van der Waals surface area contributed by atoms with E-state index >= 15 is 0 Å². The van der Waals surface area contributed by atoms with Crippen molar-refractivity contribution < 1.29 is 14.2 Å². The van der Waals surface area contributed by atoms with E-state index in [0.717, 1.165) is 24.3 Å². The fourth-order valence-corrected chi connectivity index (χ4v) is 2.04. The number of benzene rings is 2. The molecule has 3 nitrogen and oxygen atoms in total. The lowest BCUT2D eigenvalue weighted by molar-refractivity contribution is 0.0509. The van der Waals surface area contributed by atoms with Crippen LogP contribution < -0.4 is 9.47 Å². The number of hydrogen-bond donors (Lipinski definition) is 0. The molecular formula is C17H20O3. The van der Waals surface area contributed by atoms with Gasteiger partial charge < -0.3 is 14.2 Å². The number of rotatable bonds is 7. The van der Waals surface area contributed by atoms with Crippen molar-refractivity contribution in [3.05, 3.63) is 59.7 Å². The molecule has 2 rings (SSSR count). The fourth-order valence-electron chi connectivity index (χ4n) is 2.04. The Morgan fingerprint density at radius 2 is 1.50 bits per heavy atom. The molecule has 0 spiro atoms. The van der Waals surface area contributed by atoms with Crippen LogP contribution in [0, 0.1) is 0 Å². The normalized spacial score (nSPS) is 10.3. The average Bonchev–Trinajstić information content (AvgIpc) is 2.51. The van der Waals surface area contributed by atoms with E-state index in [2.05, 4.69) is 24.3 Å². The topological polar surface area (TPSA) is 27.7 Å². The first-order chi connectivity index (χ1) is 9.81. The minimum absolute atomic E-state index is 0.241. The van der Waals surface area contributed by atoms with Crippen LogP contribution >= 0.6 is 0 Å². The lowest BCUT2D eigenvalue weighted by Crippen LogP contribution is -2.00. The molecule has 0 bridgehead atoms. The lowest BCUT2D eigenvalue weighted by Gasteiger charge is -2.10. The molecule has 0 unspecified atom stereocenters. The van der Waals surface area contributed by atoms with Crippen molar-refractivity contribution in [3.63, 3.8) is 0 Å². The molecule has 0 amide bonds. The molecule has 0 N–H and O–H groups in total. The van der Waals surface area contributed by atoms with E-state index in [1.54, 1.807) is 14.2 Å². The number of ether oxygens (including phenoxy) is 3. The number of hydrogen-bond acceptors (Lipinski definition) is 3. The second-order valence-electron chi connectivity index (χ2n) is 4.55. The first-order valence-electron chi connectivity index (χ1n) is 6.65. The van der Waals surface area contributed by atoms with Crippen LogP contribution in [0.25, 0.3) is 0 Å². The van der Waals surface area contributed by atoms with Gasteiger partial charge in [0.05, 0.1) is 7.11 Å². The molecule has 0 aliphatic rings. The van der Waals surface area contributed by atoms with Crippen molar-refractivity contribution in [1.29, 1.82) is 0 Å². The Morgan fingerprint density at radius 1 is 0.800 bits per heavy atom. The minimum atomic E-state index is 0.241. The summed E-state index contributed by atoms with van der Waals surface area (Å²) in [5.74, 6) is 1.58. The molecule has 20 heavy (non-hydrogen) atoms. The number of aryl methyl sites for hydroxylation is 2. The maximum atomic E-state index is 5.49. The van der Waals surface area contributed by atoms with Gasteiger partial charge in [-0.1, -0.05) is 30.3 Å². The van der Waals surface area contributed by atoms with Gasteiger partial charge in [-0.25, -0.2) is 0 Å². The van der Waals surface area contributed by atoms with Gasteiger partial charge in [0.25, 0.3) is 0 Å². The molecule has 0 aliphatic heterocycles. The lowest BCUT2D eigenvalue weighted by atomic mass is 10.0. The fraction of sp³-hybridized carbons (Fsp3) is 0.294. The van der Waals surface area contributed by atoms with Crippen LogP contribution in [0.1, 0.15) is 11.1 Å². The minimum Gasteiger partial charge on any atom is -0.497 e. The maximum absolute atomic E-state index is 5.49. The van der Waals surface area contributed by atoms with Crippen molar-refractivity contribution in [2.24, 2.45) is 0 Å². The van der Waals surface area contributed by atoms with Gasteiger partial charge in [0.1, 0.15) is 11.5 Å². The van der Waals surface area contributed by atoms with Gasteiger partial charge in [-0.2, -0.15) is 0 Å². The van der Waals surface area contributed by atoms with E-state index in [4.69, 9.17) is 14.2 Å². The quantitative estimate of drug-likeness (QED) is 0.722. The van der Waals surface area contributed by atoms with Crippen LogP contribution in [0.2, 0.25) is 0 Å². The van der Waals surface area contributed by atoms with Crippen molar-refractivity contribution in [3.8, 4) is 11.5 Å². The second kappa shape index (κ2) is 7.56. The summed E-state index contributed by atoms with van der Waals surface area (Å²) in [6.45, 7) is 0.241. The first kappa shape index (κ1) is 14.4. The highest BCUT2D eigenvalue weighted by molar-refractivity contribution is 5.38. The maximum Gasteiger partial charge on any atom is 0.188 e. The highest BCUT2D eigenvalue weighted by Gasteiger charge is 2.03. The molecule has 2 aromatic rings. The summed E-state index contributed by atoms with van der Waals surface area (Å²) in [5.41, 5.74) is 2.52. The van der Waals surface area contributed by atoms with Crippen LogP contribution in [0.5, 0.6) is 11.5 Å². The van der Waals surface area contributed by atoms with Gasteiger partial charge in [-0.15, -0.1) is 0 Å². The van der Waals surface area contributed by atoms with Gasteiger partial charge >= 0.3 is 0 Å². The molecule has 0 aliphatic carbocycles. The zero-order valence-corrected chi connectivity index (χ0v) is 12.0. The van der Waals surface area contributed by atoms with Crippen molar-refractivity contribution >= 4 is 0 Å².